The van der Waals surface area contributed by atoms with E-state index in [4.69, 9.17) is 4.74 Å². The van der Waals surface area contributed by atoms with Gasteiger partial charge in [-0.05, 0) is 42.3 Å². The molecule has 38 heavy (non-hydrogen) atoms. The maximum Gasteiger partial charge on any atom is 0.264 e. The van der Waals surface area contributed by atoms with Gasteiger partial charge in [-0.15, -0.1) is 0 Å². The number of nitrogens with one attached hydrogen (secondary N) is 1. The fourth-order valence-electron chi connectivity index (χ4n) is 8.00. The van der Waals surface area contributed by atoms with Gasteiger partial charge in [0, 0.05) is 42.6 Å². The van der Waals surface area contributed by atoms with Crippen molar-refractivity contribution in [2.75, 3.05) is 43.5 Å². The van der Waals surface area contributed by atoms with Crippen LogP contribution in [0.25, 0.3) is 0 Å². The number of phenols is 1. The number of ether oxygens (including phenoxy) is 1. The summed E-state index contributed by atoms with van der Waals surface area (Å²) in [5.41, 5.74) is 5.32. The van der Waals surface area contributed by atoms with Crippen LogP contribution in [-0.2, 0) is 15.0 Å². The molecular weight excluding hydrogens is 482 g/mol. The molecule has 4 aliphatic heterocycles. The predicted octanol–water partition coefficient (Wildman–Crippen LogP) is 3.32. The zero-order valence-electron chi connectivity index (χ0n) is 21.5. The maximum atomic E-state index is 13.9. The Morgan fingerprint density at radius 1 is 1.32 bits per heavy atom. The summed E-state index contributed by atoms with van der Waals surface area (Å²) in [6.07, 6.45) is 4.68. The number of nitrogens with zero attached hydrogens (tertiary/aromatic N) is 2. The molecule has 1 aliphatic carbocycles. The van der Waals surface area contributed by atoms with Crippen LogP contribution in [0, 0.1) is 5.92 Å². The molecule has 1 unspecified atom stereocenters. The normalized spacial score (nSPS) is 31.4. The van der Waals surface area contributed by atoms with Crippen molar-refractivity contribution in [3.05, 3.63) is 70.4 Å². The lowest BCUT2D eigenvalue weighted by Gasteiger charge is -2.53. The lowest BCUT2D eigenvalue weighted by molar-refractivity contribution is -0.934. The molecule has 194 valence electrons. The first-order valence-corrected chi connectivity index (χ1v) is 13.2. The summed E-state index contributed by atoms with van der Waals surface area (Å²) in [6, 6.07) is 11.0. The van der Waals surface area contributed by atoms with Gasteiger partial charge in [-0.1, -0.05) is 18.2 Å². The molecule has 2 aromatic carbocycles. The van der Waals surface area contributed by atoms with Crippen molar-refractivity contribution in [2.24, 2.45) is 5.92 Å². The Labute approximate surface area is 220 Å². The van der Waals surface area contributed by atoms with Crippen molar-refractivity contribution in [1.29, 1.82) is 0 Å². The third-order valence-corrected chi connectivity index (χ3v) is 9.79. The lowest BCUT2D eigenvalue weighted by Crippen LogP contribution is -2.64. The number of hydrogen-bond donors (Lipinski definition) is 2. The number of benzene rings is 2. The van der Waals surface area contributed by atoms with E-state index in [1.807, 2.05) is 13.0 Å². The van der Waals surface area contributed by atoms with Crippen molar-refractivity contribution in [1.82, 2.24) is 0 Å². The Bertz CT molecular complexity index is 1510. The maximum absolute atomic E-state index is 13.9. The molecule has 1 amide bonds. The van der Waals surface area contributed by atoms with Crippen molar-refractivity contribution in [2.45, 2.75) is 31.2 Å². The number of para-hydroxylation sites is 1. The second kappa shape index (κ2) is 7.80. The number of anilines is 2. The Hall–Kier alpha value is -3.91. The molecule has 0 saturated carbocycles. The van der Waals surface area contributed by atoms with Crippen molar-refractivity contribution in [3.8, 4) is 11.5 Å². The summed E-state index contributed by atoms with van der Waals surface area (Å²) in [4.78, 5) is 40.2. The number of rotatable bonds is 4. The lowest BCUT2D eigenvalue weighted by atomic mass is 9.61. The summed E-state index contributed by atoms with van der Waals surface area (Å²) in [7, 11) is 1.70. The number of quaternary nitrogens is 1. The highest BCUT2D eigenvalue weighted by atomic mass is 16.5. The van der Waals surface area contributed by atoms with E-state index in [-0.39, 0.29) is 36.0 Å². The van der Waals surface area contributed by atoms with Crippen molar-refractivity contribution < 1.29 is 28.7 Å². The van der Waals surface area contributed by atoms with Gasteiger partial charge in [0.2, 0.25) is 5.78 Å². The average Bonchev–Trinajstić information content (AvgIpc) is 3.45. The van der Waals surface area contributed by atoms with Gasteiger partial charge in [-0.3, -0.25) is 14.4 Å². The standard InChI is InChI=1S/C30H29N3O5/c1-3-17-13-33(14-24(36)18-7-8-25-22(11-18)32(2)27(37)16-38-25)10-9-30-21-5-4-6-23(35)28(21)31-29(30)20(15-34)19(17)12-26(30)33/h3-8,11,15,19,26H,9-10,12-14,16H2,1-2H3,(H-,31,34,35)/p+1/b17-3-/t19-,26-,30+,33?/m0/s1. The van der Waals surface area contributed by atoms with E-state index < -0.39 is 5.41 Å². The highest BCUT2D eigenvalue weighted by Gasteiger charge is 2.69. The van der Waals surface area contributed by atoms with Crippen LogP contribution in [0.15, 0.2) is 59.3 Å². The first-order chi connectivity index (χ1) is 18.3. The van der Waals surface area contributed by atoms with Gasteiger partial charge >= 0.3 is 0 Å². The minimum absolute atomic E-state index is 0.00244. The van der Waals surface area contributed by atoms with Gasteiger partial charge in [0.15, 0.2) is 6.61 Å². The van der Waals surface area contributed by atoms with Crippen LogP contribution in [0.3, 0.4) is 0 Å². The van der Waals surface area contributed by atoms with Gasteiger partial charge in [-0.2, -0.15) is 0 Å². The minimum atomic E-state index is -0.434. The SMILES string of the molecule is C/C=C1/C[N+]2(CC(=O)c3ccc4c(c3)N(C)C(=O)CO4)CC[C@]34C(=C(C=O)[C@H]1C[C@@H]32)Nc1c(O)cccc14. The van der Waals surface area contributed by atoms with E-state index in [1.165, 1.54) is 5.57 Å². The molecular formula is C30H30N3O5+. The zero-order valence-corrected chi connectivity index (χ0v) is 21.5. The quantitative estimate of drug-likeness (QED) is 0.215. The highest BCUT2D eigenvalue weighted by molar-refractivity contribution is 6.02. The molecule has 4 heterocycles. The summed E-state index contributed by atoms with van der Waals surface area (Å²) >= 11 is 0. The summed E-state index contributed by atoms with van der Waals surface area (Å²) in [6.45, 7) is 3.84. The molecule has 2 bridgehead atoms. The number of allylic oxidation sites excluding steroid dienone is 2. The summed E-state index contributed by atoms with van der Waals surface area (Å²) in [5, 5.41) is 14.2. The van der Waals surface area contributed by atoms with Crippen LogP contribution in [0.4, 0.5) is 11.4 Å². The number of likely N-dealkylation sites (N-methyl/N-ethyl adjacent to an activating group) is 1. The number of phenolic OH excluding ortho intramolecular Hbond substituents is 1. The van der Waals surface area contributed by atoms with E-state index in [0.717, 1.165) is 42.5 Å². The van der Waals surface area contributed by atoms with E-state index in [9.17, 15) is 19.5 Å². The monoisotopic (exact) mass is 512 g/mol. The van der Waals surface area contributed by atoms with E-state index in [1.54, 1.807) is 36.2 Å². The van der Waals surface area contributed by atoms with Crippen LogP contribution in [-0.4, -0.2) is 66.9 Å². The van der Waals surface area contributed by atoms with Gasteiger partial charge in [0.25, 0.3) is 5.91 Å². The van der Waals surface area contributed by atoms with Gasteiger partial charge in [0.05, 0.1) is 23.3 Å². The fourth-order valence-corrected chi connectivity index (χ4v) is 8.00. The molecule has 1 spiro atoms. The average molecular weight is 513 g/mol. The molecule has 5 aliphatic rings. The number of aromatic hydroxyl groups is 1. The van der Waals surface area contributed by atoms with Crippen LogP contribution >= 0.6 is 0 Å². The molecule has 4 atom stereocenters. The zero-order chi connectivity index (χ0) is 26.4. The molecule has 8 nitrogen and oxygen atoms in total. The number of aldehydes is 1. The molecule has 2 N–H and O–H groups in total. The number of ketones is 1. The van der Waals surface area contributed by atoms with Crippen LogP contribution < -0.4 is 15.0 Å². The van der Waals surface area contributed by atoms with Crippen LogP contribution in [0.5, 0.6) is 11.5 Å². The summed E-state index contributed by atoms with van der Waals surface area (Å²) < 4.78 is 6.17. The molecule has 0 aromatic heterocycles. The second-order valence-corrected chi connectivity index (χ2v) is 11.3. The van der Waals surface area contributed by atoms with Gasteiger partial charge in [-0.25, -0.2) is 0 Å². The Morgan fingerprint density at radius 2 is 2.16 bits per heavy atom. The van der Waals surface area contributed by atoms with E-state index in [2.05, 4.69) is 17.5 Å². The number of fused-ring (bicyclic) bond motifs is 3. The Kier molecular flexibility index (Phi) is 4.77. The Balaban J connectivity index is 1.33. The summed E-state index contributed by atoms with van der Waals surface area (Å²) in [5.74, 6) is 0.674. The number of hydrogen-bond acceptors (Lipinski definition) is 6. The highest BCUT2D eigenvalue weighted by Crippen LogP contribution is 2.64. The Morgan fingerprint density at radius 3 is 2.95 bits per heavy atom. The number of piperidine rings is 1. The predicted molar refractivity (Wildman–Crippen MR) is 141 cm³/mol. The molecule has 2 aromatic rings. The second-order valence-electron chi connectivity index (χ2n) is 11.3. The molecule has 2 saturated heterocycles. The molecule has 8 heteroatoms. The smallest absolute Gasteiger partial charge is 0.264 e. The molecule has 2 fully saturated rings. The fraction of sp³-hybridized carbons (Fsp3) is 0.367. The van der Waals surface area contributed by atoms with Crippen LogP contribution in [0.2, 0.25) is 0 Å². The molecule has 7 rings (SSSR count). The third kappa shape index (κ3) is 2.81. The number of amides is 1. The number of carbonyl (C=O) groups is 3. The van der Waals surface area contributed by atoms with Gasteiger partial charge < -0.3 is 24.5 Å². The first-order valence-electron chi connectivity index (χ1n) is 13.2. The van der Waals surface area contributed by atoms with Gasteiger partial charge in [0.1, 0.15) is 36.9 Å². The third-order valence-electron chi connectivity index (χ3n) is 9.79. The largest absolute Gasteiger partial charge is 0.506 e. The minimum Gasteiger partial charge on any atom is -0.506 e. The van der Waals surface area contributed by atoms with Crippen molar-refractivity contribution in [3.63, 3.8) is 0 Å². The topological polar surface area (TPSA) is 95.9 Å². The molecule has 0 radical (unpaired) electrons. The first kappa shape index (κ1) is 23.2. The number of Topliss-reactive ketones (excluding diaryl/α,β-unsaturated/α-hetero) is 1. The van der Waals surface area contributed by atoms with E-state index >= 15 is 0 Å². The number of carbonyl (C=O) groups excluding carboxylic acids is 3. The van der Waals surface area contributed by atoms with E-state index in [0.29, 0.717) is 40.3 Å². The van der Waals surface area contributed by atoms with Crippen molar-refractivity contribution >= 4 is 29.4 Å². The van der Waals surface area contributed by atoms with Crippen LogP contribution in [0.1, 0.15) is 35.7 Å².